The second-order valence-corrected chi connectivity index (χ2v) is 6.64. The number of nitrogens with zero attached hydrogens (tertiary/aromatic N) is 2. The van der Waals surface area contributed by atoms with Gasteiger partial charge in [0.2, 0.25) is 0 Å². The van der Waals surface area contributed by atoms with Crippen molar-refractivity contribution in [2.24, 2.45) is 0 Å². The third-order valence-corrected chi connectivity index (χ3v) is 5.21. The number of hydrogen-bond donors (Lipinski definition) is 1. The summed E-state index contributed by atoms with van der Waals surface area (Å²) in [6.45, 7) is 0. The molecule has 0 N–H and O–H groups in total. The van der Waals surface area contributed by atoms with Crippen molar-refractivity contribution in [1.82, 2.24) is 4.98 Å². The summed E-state index contributed by atoms with van der Waals surface area (Å²) < 4.78 is 25.6. The fourth-order valence-corrected chi connectivity index (χ4v) is 3.39. The number of benzene rings is 1. The van der Waals surface area contributed by atoms with Gasteiger partial charge in [-0.25, -0.2) is 17.7 Å². The first kappa shape index (κ1) is 12.4. The number of thiazole rings is 1. The second-order valence-electron chi connectivity index (χ2n) is 3.28. The van der Waals surface area contributed by atoms with Crippen LogP contribution in [0.5, 0.6) is 0 Å². The number of anilines is 1. The van der Waals surface area contributed by atoms with Crippen LogP contribution < -0.4 is 4.31 Å². The summed E-state index contributed by atoms with van der Waals surface area (Å²) in [6.07, 6.45) is 1.57. The highest BCUT2D eigenvalue weighted by atomic mass is 32.2. The molecular weight excluding hydrogens is 276 g/mol. The molecule has 2 rings (SSSR count). The molecule has 4 nitrogen and oxygen atoms in total. The van der Waals surface area contributed by atoms with E-state index in [1.807, 2.05) is 0 Å². The lowest BCUT2D eigenvalue weighted by molar-refractivity contribution is 0.594. The van der Waals surface area contributed by atoms with Crippen molar-refractivity contribution in [3.05, 3.63) is 35.8 Å². The molecule has 0 saturated carbocycles. The molecule has 0 amide bonds. The maximum absolute atomic E-state index is 12.2. The van der Waals surface area contributed by atoms with Gasteiger partial charge in [-0.3, -0.25) is 0 Å². The van der Waals surface area contributed by atoms with E-state index in [9.17, 15) is 8.42 Å². The lowest BCUT2D eigenvalue weighted by atomic mass is 10.4. The van der Waals surface area contributed by atoms with Gasteiger partial charge in [-0.05, 0) is 24.3 Å². The van der Waals surface area contributed by atoms with E-state index in [1.54, 1.807) is 23.7 Å². The molecule has 0 unspecified atom stereocenters. The summed E-state index contributed by atoms with van der Waals surface area (Å²) in [7, 11) is -2.04. The summed E-state index contributed by atoms with van der Waals surface area (Å²) in [5, 5.41) is 2.18. The third-order valence-electron chi connectivity index (χ3n) is 2.18. The Morgan fingerprint density at radius 1 is 1.29 bits per heavy atom. The Balaban J connectivity index is 2.40. The first-order chi connectivity index (χ1) is 8.01. The zero-order valence-corrected chi connectivity index (χ0v) is 11.5. The highest BCUT2D eigenvalue weighted by Crippen LogP contribution is 2.24. The van der Waals surface area contributed by atoms with Crippen LogP contribution in [-0.4, -0.2) is 20.4 Å². The van der Waals surface area contributed by atoms with Gasteiger partial charge < -0.3 is 0 Å². The Hall–Kier alpha value is -1.05. The van der Waals surface area contributed by atoms with Gasteiger partial charge in [0, 0.05) is 23.5 Å². The van der Waals surface area contributed by atoms with Gasteiger partial charge in [0.1, 0.15) is 0 Å². The van der Waals surface area contributed by atoms with Crippen LogP contribution in [0.2, 0.25) is 0 Å². The standard InChI is InChI=1S/C10H10N2O2S3/c1-12(10-11-6-7-16-10)17(13,14)9-4-2-8(15)3-5-9/h2-7,15H,1H3. The van der Waals surface area contributed by atoms with E-state index >= 15 is 0 Å². The van der Waals surface area contributed by atoms with E-state index in [-0.39, 0.29) is 4.90 Å². The van der Waals surface area contributed by atoms with Gasteiger partial charge in [-0.15, -0.1) is 24.0 Å². The van der Waals surface area contributed by atoms with Gasteiger partial charge >= 0.3 is 0 Å². The average Bonchev–Trinajstić information content (AvgIpc) is 2.82. The Kier molecular flexibility index (Phi) is 3.41. The average molecular weight is 286 g/mol. The smallest absolute Gasteiger partial charge is 0.244 e. The molecule has 0 bridgehead atoms. The molecule has 0 atom stereocenters. The van der Waals surface area contributed by atoms with E-state index in [0.717, 1.165) is 4.90 Å². The number of rotatable bonds is 3. The van der Waals surface area contributed by atoms with Crippen LogP contribution in [0.4, 0.5) is 5.13 Å². The van der Waals surface area contributed by atoms with Crippen molar-refractivity contribution < 1.29 is 8.42 Å². The van der Waals surface area contributed by atoms with Gasteiger partial charge in [-0.1, -0.05) is 0 Å². The normalized spacial score (nSPS) is 11.4. The van der Waals surface area contributed by atoms with Crippen LogP contribution in [0.25, 0.3) is 0 Å². The minimum atomic E-state index is -3.53. The maximum atomic E-state index is 12.2. The van der Waals surface area contributed by atoms with Crippen molar-refractivity contribution in [2.75, 3.05) is 11.4 Å². The minimum absolute atomic E-state index is 0.230. The fraction of sp³-hybridized carbons (Fsp3) is 0.100. The van der Waals surface area contributed by atoms with Gasteiger partial charge in [0.15, 0.2) is 5.13 Å². The molecule has 1 aromatic carbocycles. The molecule has 7 heteroatoms. The molecule has 1 aromatic heterocycles. The molecule has 1 heterocycles. The fourth-order valence-electron chi connectivity index (χ4n) is 1.25. The third kappa shape index (κ3) is 2.46. The molecule has 0 aliphatic heterocycles. The lowest BCUT2D eigenvalue weighted by Crippen LogP contribution is -2.26. The SMILES string of the molecule is CN(c1nccs1)S(=O)(=O)c1ccc(S)cc1. The van der Waals surface area contributed by atoms with E-state index in [0.29, 0.717) is 5.13 Å². The Morgan fingerprint density at radius 3 is 2.47 bits per heavy atom. The Morgan fingerprint density at radius 2 is 1.94 bits per heavy atom. The highest BCUT2D eigenvalue weighted by Gasteiger charge is 2.22. The predicted molar refractivity (Wildman–Crippen MR) is 71.4 cm³/mol. The molecular formula is C10H10N2O2S3. The van der Waals surface area contributed by atoms with Gasteiger partial charge in [0.05, 0.1) is 4.90 Å². The van der Waals surface area contributed by atoms with Crippen LogP contribution >= 0.6 is 24.0 Å². The molecule has 0 aliphatic rings. The quantitative estimate of drug-likeness (QED) is 0.881. The van der Waals surface area contributed by atoms with Crippen molar-refractivity contribution >= 4 is 39.1 Å². The summed E-state index contributed by atoms with van der Waals surface area (Å²) >= 11 is 5.40. The molecule has 0 spiro atoms. The summed E-state index contributed by atoms with van der Waals surface area (Å²) in [6, 6.07) is 6.35. The number of hydrogen-bond acceptors (Lipinski definition) is 5. The number of sulfonamides is 1. The van der Waals surface area contributed by atoms with Crippen LogP contribution in [0.3, 0.4) is 0 Å². The van der Waals surface area contributed by atoms with E-state index < -0.39 is 10.0 Å². The molecule has 0 fully saturated rings. The second kappa shape index (κ2) is 4.67. The minimum Gasteiger partial charge on any atom is -0.244 e. The van der Waals surface area contributed by atoms with Gasteiger partial charge in [-0.2, -0.15) is 0 Å². The largest absolute Gasteiger partial charge is 0.265 e. The molecule has 0 saturated heterocycles. The van der Waals surface area contributed by atoms with Crippen LogP contribution in [0.1, 0.15) is 0 Å². The zero-order valence-electron chi connectivity index (χ0n) is 8.94. The topological polar surface area (TPSA) is 50.3 Å². The molecule has 90 valence electrons. The van der Waals surface area contributed by atoms with Crippen LogP contribution in [0, 0.1) is 0 Å². The molecule has 17 heavy (non-hydrogen) atoms. The predicted octanol–water partition coefficient (Wildman–Crippen LogP) is 2.26. The van der Waals surface area contributed by atoms with E-state index in [2.05, 4.69) is 17.6 Å². The first-order valence-corrected chi connectivity index (χ1v) is 7.46. The van der Waals surface area contributed by atoms with Crippen molar-refractivity contribution in [2.45, 2.75) is 9.79 Å². The lowest BCUT2D eigenvalue weighted by Gasteiger charge is -2.16. The number of thiol groups is 1. The number of aromatic nitrogens is 1. The van der Waals surface area contributed by atoms with Gasteiger partial charge in [0.25, 0.3) is 10.0 Å². The summed E-state index contributed by atoms with van der Waals surface area (Å²) in [4.78, 5) is 4.93. The zero-order chi connectivity index (χ0) is 12.5. The van der Waals surface area contributed by atoms with E-state index in [1.165, 1.54) is 34.8 Å². The molecule has 0 aliphatic carbocycles. The summed E-state index contributed by atoms with van der Waals surface area (Å²) in [5.74, 6) is 0. The van der Waals surface area contributed by atoms with Crippen LogP contribution in [0.15, 0.2) is 45.6 Å². The van der Waals surface area contributed by atoms with Crippen molar-refractivity contribution in [3.8, 4) is 0 Å². The monoisotopic (exact) mass is 286 g/mol. The summed E-state index contributed by atoms with van der Waals surface area (Å²) in [5.41, 5.74) is 0. The Labute approximate surface area is 109 Å². The van der Waals surface area contributed by atoms with Crippen LogP contribution in [-0.2, 0) is 10.0 Å². The maximum Gasteiger partial charge on any atom is 0.265 e. The molecule has 2 aromatic rings. The highest BCUT2D eigenvalue weighted by molar-refractivity contribution is 7.93. The first-order valence-electron chi connectivity index (χ1n) is 4.69. The van der Waals surface area contributed by atoms with E-state index in [4.69, 9.17) is 0 Å². The molecule has 0 radical (unpaired) electrons. The Bertz CT molecular complexity index is 591. The van der Waals surface area contributed by atoms with Crippen molar-refractivity contribution in [3.63, 3.8) is 0 Å². The van der Waals surface area contributed by atoms with Crippen molar-refractivity contribution in [1.29, 1.82) is 0 Å².